The molecule has 0 spiro atoms. The van der Waals surface area contributed by atoms with Gasteiger partial charge in [0.2, 0.25) is 5.76 Å². The van der Waals surface area contributed by atoms with Gasteiger partial charge in [-0.05, 0) is 39.0 Å². The standard InChI is InChI=1S/C18H21N3O4S/c1-4-23-9-8-21-14-7-6-13(24-5-2)11-16(14)26-18(21)19-17(22)15-10-12(3)20-25-15/h6-7,10-11H,4-5,8-9H2,1-3H3. The van der Waals surface area contributed by atoms with Crippen molar-refractivity contribution in [1.29, 1.82) is 0 Å². The third kappa shape index (κ3) is 4.03. The molecule has 2 aromatic heterocycles. The number of carbonyl (C=O) groups excluding carboxylic acids is 1. The van der Waals surface area contributed by atoms with Crippen LogP contribution >= 0.6 is 11.3 Å². The normalized spacial score (nSPS) is 12.0. The van der Waals surface area contributed by atoms with Crippen LogP contribution in [0.5, 0.6) is 5.75 Å². The maximum absolute atomic E-state index is 12.4. The van der Waals surface area contributed by atoms with Crippen molar-refractivity contribution < 1.29 is 18.8 Å². The summed E-state index contributed by atoms with van der Waals surface area (Å²) in [4.78, 5) is 17.2. The van der Waals surface area contributed by atoms with E-state index in [1.54, 1.807) is 13.0 Å². The van der Waals surface area contributed by atoms with Crippen LogP contribution in [-0.2, 0) is 11.3 Å². The maximum Gasteiger partial charge on any atom is 0.318 e. The third-order valence-electron chi connectivity index (χ3n) is 3.66. The summed E-state index contributed by atoms with van der Waals surface area (Å²) in [7, 11) is 0. The highest BCUT2D eigenvalue weighted by Gasteiger charge is 2.13. The van der Waals surface area contributed by atoms with Crippen molar-refractivity contribution in [3.63, 3.8) is 0 Å². The predicted octanol–water partition coefficient (Wildman–Crippen LogP) is 3.18. The summed E-state index contributed by atoms with van der Waals surface area (Å²) in [6.07, 6.45) is 0. The summed E-state index contributed by atoms with van der Waals surface area (Å²) < 4.78 is 19.0. The Labute approximate surface area is 154 Å². The van der Waals surface area contributed by atoms with Crippen LogP contribution in [0.4, 0.5) is 0 Å². The first kappa shape index (κ1) is 18.3. The molecule has 0 aliphatic carbocycles. The van der Waals surface area contributed by atoms with Crippen molar-refractivity contribution in [3.05, 3.63) is 40.5 Å². The minimum atomic E-state index is -0.452. The topological polar surface area (TPSA) is 78.9 Å². The molecule has 0 unspecified atom stereocenters. The third-order valence-corrected chi connectivity index (χ3v) is 4.71. The number of fused-ring (bicyclic) bond motifs is 1. The molecule has 0 fully saturated rings. The summed E-state index contributed by atoms with van der Waals surface area (Å²) in [5.41, 5.74) is 1.63. The molecule has 3 rings (SSSR count). The van der Waals surface area contributed by atoms with E-state index in [4.69, 9.17) is 14.0 Å². The molecule has 8 heteroatoms. The molecule has 0 aliphatic rings. The molecule has 1 amide bonds. The number of hydrogen-bond donors (Lipinski definition) is 0. The number of carbonyl (C=O) groups is 1. The monoisotopic (exact) mass is 375 g/mol. The van der Waals surface area contributed by atoms with Crippen molar-refractivity contribution in [3.8, 4) is 5.75 Å². The number of benzene rings is 1. The predicted molar refractivity (Wildman–Crippen MR) is 98.6 cm³/mol. The zero-order chi connectivity index (χ0) is 18.5. The molecular weight excluding hydrogens is 354 g/mol. The molecule has 0 saturated heterocycles. The highest BCUT2D eigenvalue weighted by atomic mass is 32.1. The van der Waals surface area contributed by atoms with Gasteiger partial charge in [-0.15, -0.1) is 0 Å². The Morgan fingerprint density at radius 3 is 2.85 bits per heavy atom. The van der Waals surface area contributed by atoms with Crippen molar-refractivity contribution in [2.75, 3.05) is 19.8 Å². The molecule has 0 N–H and O–H groups in total. The van der Waals surface area contributed by atoms with Crippen molar-refractivity contribution >= 4 is 27.5 Å². The van der Waals surface area contributed by atoms with Gasteiger partial charge in [-0.2, -0.15) is 4.99 Å². The van der Waals surface area contributed by atoms with E-state index >= 15 is 0 Å². The number of rotatable bonds is 7. The zero-order valence-corrected chi connectivity index (χ0v) is 15.8. The van der Waals surface area contributed by atoms with Crippen LogP contribution < -0.4 is 9.54 Å². The molecule has 0 bridgehead atoms. The number of amides is 1. The van der Waals surface area contributed by atoms with Crippen LogP contribution in [0.25, 0.3) is 10.2 Å². The van der Waals surface area contributed by atoms with Gasteiger partial charge in [0, 0.05) is 19.2 Å². The molecule has 0 aliphatic heterocycles. The van der Waals surface area contributed by atoms with E-state index in [0.29, 0.717) is 36.9 Å². The Morgan fingerprint density at radius 2 is 2.15 bits per heavy atom. The Morgan fingerprint density at radius 1 is 1.31 bits per heavy atom. The van der Waals surface area contributed by atoms with Crippen LogP contribution in [-0.4, -0.2) is 35.5 Å². The lowest BCUT2D eigenvalue weighted by atomic mass is 10.3. The van der Waals surface area contributed by atoms with E-state index in [0.717, 1.165) is 16.0 Å². The summed E-state index contributed by atoms with van der Waals surface area (Å²) in [5, 5.41) is 3.74. The second-order valence-corrected chi connectivity index (χ2v) is 6.55. The molecule has 138 valence electrons. The number of hydrogen-bond acceptors (Lipinski definition) is 6. The van der Waals surface area contributed by atoms with Gasteiger partial charge in [-0.25, -0.2) is 0 Å². The van der Waals surface area contributed by atoms with Gasteiger partial charge in [0.25, 0.3) is 0 Å². The molecule has 26 heavy (non-hydrogen) atoms. The fourth-order valence-corrected chi connectivity index (χ4v) is 3.60. The Hall–Kier alpha value is -2.45. The number of nitrogens with zero attached hydrogens (tertiary/aromatic N) is 3. The van der Waals surface area contributed by atoms with Gasteiger partial charge in [0.1, 0.15) is 5.75 Å². The average Bonchev–Trinajstić information content (AvgIpc) is 3.19. The van der Waals surface area contributed by atoms with Gasteiger partial charge in [-0.1, -0.05) is 16.5 Å². The minimum Gasteiger partial charge on any atom is -0.494 e. The summed E-state index contributed by atoms with van der Waals surface area (Å²) in [6, 6.07) is 7.44. The van der Waals surface area contributed by atoms with Crippen LogP contribution in [0, 0.1) is 6.92 Å². The van der Waals surface area contributed by atoms with Crippen molar-refractivity contribution in [2.45, 2.75) is 27.3 Å². The molecule has 0 atom stereocenters. The van der Waals surface area contributed by atoms with E-state index in [-0.39, 0.29) is 5.76 Å². The highest BCUT2D eigenvalue weighted by molar-refractivity contribution is 7.16. The number of aryl methyl sites for hydroxylation is 1. The number of thiazole rings is 1. The summed E-state index contributed by atoms with van der Waals surface area (Å²) in [6.45, 7) is 8.03. The van der Waals surface area contributed by atoms with Crippen LogP contribution in [0.2, 0.25) is 0 Å². The fourth-order valence-electron chi connectivity index (χ4n) is 2.52. The average molecular weight is 375 g/mol. The summed E-state index contributed by atoms with van der Waals surface area (Å²) in [5.74, 6) is 0.473. The quantitative estimate of drug-likeness (QED) is 0.593. The Kier molecular flexibility index (Phi) is 5.85. The SMILES string of the molecule is CCOCCn1c(=NC(=O)c2cc(C)no2)sc2cc(OCC)ccc21. The van der Waals surface area contributed by atoms with E-state index in [1.165, 1.54) is 11.3 Å². The molecule has 7 nitrogen and oxygen atoms in total. The first-order chi connectivity index (χ1) is 12.6. The lowest BCUT2D eigenvalue weighted by Crippen LogP contribution is -2.19. The maximum atomic E-state index is 12.4. The minimum absolute atomic E-state index is 0.131. The number of ether oxygens (including phenoxy) is 2. The molecular formula is C18H21N3O4S. The van der Waals surface area contributed by atoms with Crippen molar-refractivity contribution in [2.24, 2.45) is 4.99 Å². The zero-order valence-electron chi connectivity index (χ0n) is 15.0. The lowest BCUT2D eigenvalue weighted by molar-refractivity contribution is 0.0961. The van der Waals surface area contributed by atoms with Gasteiger partial charge in [-0.3, -0.25) is 4.79 Å². The highest BCUT2D eigenvalue weighted by Crippen LogP contribution is 2.23. The first-order valence-corrected chi connectivity index (χ1v) is 9.30. The number of aromatic nitrogens is 2. The van der Waals surface area contributed by atoms with E-state index in [9.17, 15) is 4.79 Å². The molecule has 0 radical (unpaired) electrons. The Balaban J connectivity index is 2.04. The lowest BCUT2D eigenvalue weighted by Gasteiger charge is -2.06. The Bertz CT molecular complexity index is 970. The van der Waals surface area contributed by atoms with Gasteiger partial charge in [0.05, 0.1) is 29.1 Å². The van der Waals surface area contributed by atoms with Crippen molar-refractivity contribution in [1.82, 2.24) is 9.72 Å². The largest absolute Gasteiger partial charge is 0.494 e. The second-order valence-electron chi connectivity index (χ2n) is 5.55. The molecule has 2 heterocycles. The molecule has 3 aromatic rings. The second kappa shape index (κ2) is 8.29. The molecule has 0 saturated carbocycles. The smallest absolute Gasteiger partial charge is 0.318 e. The molecule has 1 aromatic carbocycles. The van der Waals surface area contributed by atoms with Gasteiger partial charge in [0.15, 0.2) is 4.80 Å². The van der Waals surface area contributed by atoms with E-state index in [2.05, 4.69) is 10.1 Å². The van der Waals surface area contributed by atoms with Crippen LogP contribution in [0.3, 0.4) is 0 Å². The van der Waals surface area contributed by atoms with Gasteiger partial charge >= 0.3 is 5.91 Å². The van der Waals surface area contributed by atoms with Gasteiger partial charge < -0.3 is 18.6 Å². The fraction of sp³-hybridized carbons (Fsp3) is 0.389. The van der Waals surface area contributed by atoms with E-state index in [1.807, 2.05) is 36.6 Å². The van der Waals surface area contributed by atoms with E-state index < -0.39 is 5.91 Å². The van der Waals surface area contributed by atoms with Crippen LogP contribution in [0.1, 0.15) is 30.1 Å². The summed E-state index contributed by atoms with van der Waals surface area (Å²) >= 11 is 1.43. The van der Waals surface area contributed by atoms with Crippen LogP contribution in [0.15, 0.2) is 33.8 Å². The first-order valence-electron chi connectivity index (χ1n) is 8.48.